The summed E-state index contributed by atoms with van der Waals surface area (Å²) < 4.78 is 18.8. The van der Waals surface area contributed by atoms with Gasteiger partial charge in [0.25, 0.3) is 0 Å². The van der Waals surface area contributed by atoms with Crippen LogP contribution in [0.3, 0.4) is 0 Å². The van der Waals surface area contributed by atoms with E-state index in [1.807, 2.05) is 60.7 Å². The zero-order chi connectivity index (χ0) is 21.9. The van der Waals surface area contributed by atoms with E-state index in [1.165, 1.54) is 0 Å². The Labute approximate surface area is 196 Å². The van der Waals surface area contributed by atoms with Crippen LogP contribution in [-0.2, 0) is 27.4 Å². The minimum absolute atomic E-state index is 0.0131. The van der Waals surface area contributed by atoms with Crippen LogP contribution in [0.15, 0.2) is 60.7 Å². The van der Waals surface area contributed by atoms with Crippen LogP contribution in [0.1, 0.15) is 17.5 Å². The number of aliphatic hydroxyl groups excluding tert-OH is 1. The number of benzene rings is 2. The van der Waals surface area contributed by atoms with Gasteiger partial charge in [0.05, 0.1) is 38.1 Å². The summed E-state index contributed by atoms with van der Waals surface area (Å²) in [6.07, 6.45) is -0.819. The molecule has 2 aromatic carbocycles. The molecule has 3 saturated carbocycles. The molecule has 0 aromatic heterocycles. The maximum atomic E-state index is 11.8. The van der Waals surface area contributed by atoms with Crippen LogP contribution < -0.4 is 0 Å². The molecule has 6 rings (SSSR count). The van der Waals surface area contributed by atoms with Crippen molar-refractivity contribution < 1.29 is 24.4 Å². The van der Waals surface area contributed by atoms with Crippen LogP contribution in [0.2, 0.25) is 0 Å². The summed E-state index contributed by atoms with van der Waals surface area (Å²) in [5.74, 6) is 1.15. The fourth-order valence-electron chi connectivity index (χ4n) is 6.86. The van der Waals surface area contributed by atoms with Gasteiger partial charge in [0.15, 0.2) is 0 Å². The summed E-state index contributed by atoms with van der Waals surface area (Å²) >= 11 is 3.87. The third kappa shape index (κ3) is 3.23. The fourth-order valence-corrected chi connectivity index (χ4v) is 7.94. The highest BCUT2D eigenvalue weighted by molar-refractivity contribution is 9.09. The van der Waals surface area contributed by atoms with Crippen molar-refractivity contribution in [3.05, 3.63) is 71.8 Å². The van der Waals surface area contributed by atoms with Crippen molar-refractivity contribution in [1.82, 2.24) is 0 Å². The minimum atomic E-state index is -1.50. The third-order valence-corrected chi connectivity index (χ3v) is 9.40. The molecule has 1 saturated heterocycles. The largest absolute Gasteiger partial charge is 0.387 e. The normalized spacial score (nSPS) is 43.7. The highest BCUT2D eigenvalue weighted by Crippen LogP contribution is 2.66. The summed E-state index contributed by atoms with van der Waals surface area (Å²) in [5.41, 5.74) is 0.589. The molecule has 1 heterocycles. The molecule has 2 N–H and O–H groups in total. The van der Waals surface area contributed by atoms with Gasteiger partial charge in [0, 0.05) is 4.83 Å². The van der Waals surface area contributed by atoms with Gasteiger partial charge in [-0.05, 0) is 41.2 Å². The van der Waals surface area contributed by atoms with Gasteiger partial charge in [-0.25, -0.2) is 0 Å². The van der Waals surface area contributed by atoms with Crippen molar-refractivity contribution in [2.24, 2.45) is 23.7 Å². The molecule has 5 nitrogen and oxygen atoms in total. The maximum absolute atomic E-state index is 11.8. The summed E-state index contributed by atoms with van der Waals surface area (Å²) in [6.45, 7) is 0.800. The summed E-state index contributed by atoms with van der Waals surface area (Å²) in [7, 11) is 0. The number of halogens is 1. The van der Waals surface area contributed by atoms with Gasteiger partial charge in [-0.1, -0.05) is 76.6 Å². The lowest BCUT2D eigenvalue weighted by molar-refractivity contribution is -0.259. The van der Waals surface area contributed by atoms with Gasteiger partial charge in [0.1, 0.15) is 11.7 Å². The first-order valence-corrected chi connectivity index (χ1v) is 12.5. The van der Waals surface area contributed by atoms with E-state index >= 15 is 0 Å². The van der Waals surface area contributed by atoms with Crippen LogP contribution in [0.25, 0.3) is 0 Å². The highest BCUT2D eigenvalue weighted by atomic mass is 79.9. The van der Waals surface area contributed by atoms with E-state index in [9.17, 15) is 10.2 Å². The van der Waals surface area contributed by atoms with Gasteiger partial charge in [-0.15, -0.1) is 0 Å². The van der Waals surface area contributed by atoms with Crippen LogP contribution in [0.5, 0.6) is 0 Å². The Morgan fingerprint density at radius 3 is 2.28 bits per heavy atom. The smallest absolute Gasteiger partial charge is 0.142 e. The van der Waals surface area contributed by atoms with E-state index in [0.717, 1.165) is 17.5 Å². The van der Waals surface area contributed by atoms with Crippen molar-refractivity contribution in [2.75, 3.05) is 6.61 Å². The van der Waals surface area contributed by atoms with Crippen molar-refractivity contribution >= 4 is 15.9 Å². The van der Waals surface area contributed by atoms with Crippen LogP contribution >= 0.6 is 15.9 Å². The molecule has 6 heteroatoms. The predicted molar refractivity (Wildman–Crippen MR) is 122 cm³/mol. The first kappa shape index (κ1) is 21.3. The molecule has 0 radical (unpaired) electrons. The Morgan fingerprint density at radius 2 is 1.59 bits per heavy atom. The van der Waals surface area contributed by atoms with Gasteiger partial charge in [0.2, 0.25) is 0 Å². The summed E-state index contributed by atoms with van der Waals surface area (Å²) in [6, 6.07) is 19.9. The molecular weight excluding hydrogens is 472 g/mol. The van der Waals surface area contributed by atoms with Crippen molar-refractivity contribution in [3.8, 4) is 0 Å². The zero-order valence-electron chi connectivity index (χ0n) is 17.8. The number of aliphatic hydroxyl groups is 2. The van der Waals surface area contributed by atoms with E-state index in [-0.39, 0.29) is 29.4 Å². The molecule has 3 aliphatic carbocycles. The highest BCUT2D eigenvalue weighted by Gasteiger charge is 2.74. The molecule has 4 fully saturated rings. The molecule has 170 valence electrons. The first-order valence-electron chi connectivity index (χ1n) is 11.5. The third-order valence-electron chi connectivity index (χ3n) is 8.20. The number of hydrogen-bond acceptors (Lipinski definition) is 5. The molecule has 0 amide bonds. The van der Waals surface area contributed by atoms with E-state index in [4.69, 9.17) is 14.2 Å². The number of rotatable bonds is 7. The lowest BCUT2D eigenvalue weighted by atomic mass is 9.62. The lowest BCUT2D eigenvalue weighted by Crippen LogP contribution is -2.68. The second kappa shape index (κ2) is 8.19. The number of hydrogen-bond donors (Lipinski definition) is 2. The van der Waals surface area contributed by atoms with Gasteiger partial charge in [-0.2, -0.15) is 0 Å². The molecule has 0 unspecified atom stereocenters. The quantitative estimate of drug-likeness (QED) is 0.570. The second-order valence-corrected chi connectivity index (χ2v) is 10.9. The van der Waals surface area contributed by atoms with Gasteiger partial charge in [-0.3, -0.25) is 0 Å². The molecule has 10 atom stereocenters. The topological polar surface area (TPSA) is 68.2 Å². The SMILES string of the molecule is O[C@H]1[C@H](OCc2ccccc2)[C@H]2[C@H]3C[C@@H]4[C@@H](O[C@@H]([C@@H]42)[C@]1(O)COCc1ccccc1)[C@@H]3Br. The maximum Gasteiger partial charge on any atom is 0.142 e. The molecule has 32 heavy (non-hydrogen) atoms. The number of alkyl halides is 1. The summed E-state index contributed by atoms with van der Waals surface area (Å²) in [5, 5.41) is 23.3. The predicted octanol–water partition coefficient (Wildman–Crippen LogP) is 3.31. The molecule has 4 aliphatic rings. The molecule has 1 aliphatic heterocycles. The van der Waals surface area contributed by atoms with Crippen molar-refractivity contribution in [3.63, 3.8) is 0 Å². The zero-order valence-corrected chi connectivity index (χ0v) is 19.4. The van der Waals surface area contributed by atoms with Gasteiger partial charge >= 0.3 is 0 Å². The molecule has 2 bridgehead atoms. The molecular formula is C26H29BrO5. The standard InChI is InChI=1S/C26H29BrO5/c27-21-17-11-18-20-19(17)23(31-13-16-9-5-2-6-10-16)24(28)26(29,25(20)32-22(18)21)14-30-12-15-7-3-1-4-8-15/h1-10,17-25,28-29H,11-14H2/t17-,18+,19+,20+,21-,22-,23-,24+,25+,26+/m1/s1. The minimum Gasteiger partial charge on any atom is -0.387 e. The molecule has 2 aromatic rings. The number of ether oxygens (including phenoxy) is 3. The Balaban J connectivity index is 1.26. The Bertz CT molecular complexity index is 942. The average Bonchev–Trinajstić information content (AvgIpc) is 3.45. The lowest BCUT2D eigenvalue weighted by Gasteiger charge is -2.51. The Morgan fingerprint density at radius 1 is 0.938 bits per heavy atom. The fraction of sp³-hybridized carbons (Fsp3) is 0.538. The van der Waals surface area contributed by atoms with Crippen LogP contribution in [0, 0.1) is 23.7 Å². The Hall–Kier alpha value is -1.28. The van der Waals surface area contributed by atoms with Gasteiger partial charge < -0.3 is 24.4 Å². The van der Waals surface area contributed by atoms with Crippen molar-refractivity contribution in [1.29, 1.82) is 0 Å². The van der Waals surface area contributed by atoms with Crippen LogP contribution in [-0.4, -0.2) is 51.7 Å². The average molecular weight is 501 g/mol. The van der Waals surface area contributed by atoms with E-state index in [0.29, 0.717) is 25.0 Å². The monoisotopic (exact) mass is 500 g/mol. The molecule has 0 spiro atoms. The van der Waals surface area contributed by atoms with E-state index in [1.54, 1.807) is 0 Å². The Kier molecular flexibility index (Phi) is 5.44. The van der Waals surface area contributed by atoms with E-state index < -0.39 is 23.9 Å². The van der Waals surface area contributed by atoms with Crippen molar-refractivity contribution in [2.45, 2.75) is 54.5 Å². The van der Waals surface area contributed by atoms with Crippen LogP contribution in [0.4, 0.5) is 0 Å². The number of fused-ring (bicyclic) bond motifs is 2. The van der Waals surface area contributed by atoms with E-state index in [2.05, 4.69) is 15.9 Å². The summed E-state index contributed by atoms with van der Waals surface area (Å²) in [4.78, 5) is 0.237. The first-order chi connectivity index (χ1) is 15.6. The second-order valence-electron chi connectivity index (χ2n) is 9.86.